The Morgan fingerprint density at radius 3 is 2.16 bits per heavy atom. The van der Waals surface area contributed by atoms with Crippen LogP contribution < -0.4 is 4.18 Å². The standard InChI is InChI=1S/C10H9F3O5S/c1-5-6(2)8(4-3-7(5)9(14)15)18-19(16,17)10(11,12)13/h3-4H,1-2H3,(H,14,15). The number of alkyl halides is 3. The van der Waals surface area contributed by atoms with Crippen LogP contribution >= 0.6 is 0 Å². The van der Waals surface area contributed by atoms with Gasteiger partial charge in [-0.1, -0.05) is 0 Å². The minimum absolute atomic E-state index is 0.00715. The highest BCUT2D eigenvalue weighted by atomic mass is 32.2. The molecule has 1 aromatic rings. The molecule has 0 aliphatic rings. The normalized spacial score (nSPS) is 12.3. The number of benzene rings is 1. The molecule has 0 heterocycles. The average molecular weight is 298 g/mol. The molecule has 0 amide bonds. The molecule has 0 saturated heterocycles. The fraction of sp³-hybridized carbons (Fsp3) is 0.300. The summed E-state index contributed by atoms with van der Waals surface area (Å²) in [6, 6.07) is 1.85. The molecule has 0 atom stereocenters. The lowest BCUT2D eigenvalue weighted by Gasteiger charge is -2.13. The summed E-state index contributed by atoms with van der Waals surface area (Å²) in [5.41, 5.74) is -5.55. The van der Waals surface area contributed by atoms with E-state index in [9.17, 15) is 26.4 Å². The molecule has 9 heteroatoms. The van der Waals surface area contributed by atoms with Crippen molar-refractivity contribution in [2.24, 2.45) is 0 Å². The second-order valence-electron chi connectivity index (χ2n) is 3.65. The molecule has 0 aliphatic heterocycles. The van der Waals surface area contributed by atoms with Crippen molar-refractivity contribution in [2.75, 3.05) is 0 Å². The molecule has 0 unspecified atom stereocenters. The van der Waals surface area contributed by atoms with Gasteiger partial charge in [-0.3, -0.25) is 0 Å². The molecular weight excluding hydrogens is 289 g/mol. The van der Waals surface area contributed by atoms with Crippen molar-refractivity contribution in [2.45, 2.75) is 19.4 Å². The van der Waals surface area contributed by atoms with Gasteiger partial charge in [-0.25, -0.2) is 4.79 Å². The predicted octanol–water partition coefficient (Wildman–Crippen LogP) is 2.23. The van der Waals surface area contributed by atoms with E-state index in [0.29, 0.717) is 0 Å². The van der Waals surface area contributed by atoms with Gasteiger partial charge < -0.3 is 9.29 Å². The van der Waals surface area contributed by atoms with Gasteiger partial charge >= 0.3 is 21.6 Å². The molecule has 1 N–H and O–H groups in total. The third kappa shape index (κ3) is 2.98. The van der Waals surface area contributed by atoms with E-state index >= 15 is 0 Å². The summed E-state index contributed by atoms with van der Waals surface area (Å²) in [6.07, 6.45) is 0. The van der Waals surface area contributed by atoms with Gasteiger partial charge in [-0.15, -0.1) is 0 Å². The maximum Gasteiger partial charge on any atom is 0.534 e. The lowest BCUT2D eigenvalue weighted by atomic mass is 10.0. The van der Waals surface area contributed by atoms with Crippen molar-refractivity contribution >= 4 is 16.1 Å². The number of aromatic carboxylic acids is 1. The van der Waals surface area contributed by atoms with E-state index in [1.165, 1.54) is 13.8 Å². The summed E-state index contributed by atoms with van der Waals surface area (Å²) in [4.78, 5) is 10.8. The Morgan fingerprint density at radius 2 is 1.74 bits per heavy atom. The zero-order chi connectivity index (χ0) is 15.0. The van der Waals surface area contributed by atoms with Crippen LogP contribution in [0.25, 0.3) is 0 Å². The van der Waals surface area contributed by atoms with Gasteiger partial charge in [0.15, 0.2) is 0 Å². The van der Waals surface area contributed by atoms with E-state index in [1.807, 2.05) is 0 Å². The number of hydrogen-bond donors (Lipinski definition) is 1. The van der Waals surface area contributed by atoms with Crippen LogP contribution in [0, 0.1) is 13.8 Å². The monoisotopic (exact) mass is 298 g/mol. The van der Waals surface area contributed by atoms with E-state index in [2.05, 4.69) is 4.18 Å². The van der Waals surface area contributed by atoms with E-state index in [4.69, 9.17) is 5.11 Å². The number of carboxylic acids is 1. The Bertz CT molecular complexity index is 619. The van der Waals surface area contributed by atoms with Crippen molar-refractivity contribution in [3.05, 3.63) is 28.8 Å². The van der Waals surface area contributed by atoms with Gasteiger partial charge in [0, 0.05) is 0 Å². The predicted molar refractivity (Wildman–Crippen MR) is 58.5 cm³/mol. The number of halogens is 3. The number of carboxylic acid groups (broad SMARTS) is 1. The Morgan fingerprint density at radius 1 is 1.21 bits per heavy atom. The zero-order valence-corrected chi connectivity index (χ0v) is 10.6. The van der Waals surface area contributed by atoms with E-state index in [1.54, 1.807) is 0 Å². The maximum atomic E-state index is 12.2. The maximum absolute atomic E-state index is 12.2. The topological polar surface area (TPSA) is 80.7 Å². The van der Waals surface area contributed by atoms with Crippen LogP contribution in [0.4, 0.5) is 13.2 Å². The molecular formula is C10H9F3O5S. The molecule has 19 heavy (non-hydrogen) atoms. The first-order chi connectivity index (χ1) is 8.47. The third-order valence-corrected chi connectivity index (χ3v) is 3.42. The molecule has 0 spiro atoms. The van der Waals surface area contributed by atoms with Crippen LogP contribution in [-0.2, 0) is 10.1 Å². The number of hydrogen-bond acceptors (Lipinski definition) is 4. The number of carbonyl (C=O) groups is 1. The quantitative estimate of drug-likeness (QED) is 0.683. The molecule has 5 nitrogen and oxygen atoms in total. The highest BCUT2D eigenvalue weighted by Gasteiger charge is 2.48. The van der Waals surface area contributed by atoms with Crippen LogP contribution in [0.3, 0.4) is 0 Å². The lowest BCUT2D eigenvalue weighted by molar-refractivity contribution is -0.0500. The van der Waals surface area contributed by atoms with Crippen LogP contribution in [0.15, 0.2) is 12.1 Å². The largest absolute Gasteiger partial charge is 0.534 e. The molecule has 0 fully saturated rings. The summed E-state index contributed by atoms with van der Waals surface area (Å²) >= 11 is 0. The lowest BCUT2D eigenvalue weighted by Crippen LogP contribution is -2.28. The Balaban J connectivity index is 3.27. The Hall–Kier alpha value is -1.77. The van der Waals surface area contributed by atoms with Crippen LogP contribution in [0.1, 0.15) is 21.5 Å². The third-order valence-electron chi connectivity index (χ3n) is 2.45. The second-order valence-corrected chi connectivity index (χ2v) is 5.19. The summed E-state index contributed by atoms with van der Waals surface area (Å²) in [5, 5.41) is 8.80. The average Bonchev–Trinajstić information content (AvgIpc) is 2.22. The van der Waals surface area contributed by atoms with Gasteiger partial charge in [-0.2, -0.15) is 21.6 Å². The summed E-state index contributed by atoms with van der Waals surface area (Å²) < 4.78 is 62.1. The smallest absolute Gasteiger partial charge is 0.478 e. The molecule has 0 saturated carbocycles. The number of rotatable bonds is 3. The fourth-order valence-corrected chi connectivity index (χ4v) is 1.79. The first kappa shape index (κ1) is 15.3. The van der Waals surface area contributed by atoms with Crippen molar-refractivity contribution in [3.8, 4) is 5.75 Å². The summed E-state index contributed by atoms with van der Waals surface area (Å²) in [5.74, 6) is -1.83. The van der Waals surface area contributed by atoms with Crippen molar-refractivity contribution in [3.63, 3.8) is 0 Å². The molecule has 0 bridgehead atoms. The van der Waals surface area contributed by atoms with Gasteiger partial charge in [0.05, 0.1) is 5.56 Å². The van der Waals surface area contributed by atoms with Crippen LogP contribution in [-0.4, -0.2) is 25.0 Å². The molecule has 106 valence electrons. The SMILES string of the molecule is Cc1c(OS(=O)(=O)C(F)(F)F)ccc(C(=O)O)c1C. The molecule has 0 aromatic heterocycles. The minimum atomic E-state index is -5.77. The summed E-state index contributed by atoms with van der Waals surface area (Å²) in [7, 11) is -5.77. The van der Waals surface area contributed by atoms with E-state index < -0.39 is 27.3 Å². The highest BCUT2D eigenvalue weighted by Crippen LogP contribution is 2.30. The van der Waals surface area contributed by atoms with Crippen molar-refractivity contribution in [1.29, 1.82) is 0 Å². The van der Waals surface area contributed by atoms with Crippen LogP contribution in [0.5, 0.6) is 5.75 Å². The second kappa shape index (κ2) is 4.72. The summed E-state index contributed by atoms with van der Waals surface area (Å²) in [6.45, 7) is 2.61. The van der Waals surface area contributed by atoms with Gasteiger partial charge in [-0.05, 0) is 37.1 Å². The molecule has 0 radical (unpaired) electrons. The van der Waals surface area contributed by atoms with Crippen LogP contribution in [0.2, 0.25) is 0 Å². The zero-order valence-electron chi connectivity index (χ0n) is 9.78. The minimum Gasteiger partial charge on any atom is -0.478 e. The van der Waals surface area contributed by atoms with Gasteiger partial charge in [0.25, 0.3) is 0 Å². The Labute approximate surface area is 106 Å². The van der Waals surface area contributed by atoms with Gasteiger partial charge in [0.2, 0.25) is 0 Å². The van der Waals surface area contributed by atoms with E-state index in [0.717, 1.165) is 12.1 Å². The molecule has 1 aromatic carbocycles. The Kier molecular flexibility index (Phi) is 3.80. The highest BCUT2D eigenvalue weighted by molar-refractivity contribution is 7.88. The van der Waals surface area contributed by atoms with Crippen molar-refractivity contribution < 1.29 is 35.7 Å². The van der Waals surface area contributed by atoms with Gasteiger partial charge in [0.1, 0.15) is 5.75 Å². The first-order valence-corrected chi connectivity index (χ1v) is 6.22. The fourth-order valence-electron chi connectivity index (χ4n) is 1.28. The molecule has 0 aliphatic carbocycles. The van der Waals surface area contributed by atoms with Crippen molar-refractivity contribution in [1.82, 2.24) is 0 Å². The van der Waals surface area contributed by atoms with E-state index in [-0.39, 0.29) is 16.7 Å². The molecule has 1 rings (SSSR count). The first-order valence-electron chi connectivity index (χ1n) is 4.81.